The van der Waals surface area contributed by atoms with Crippen LogP contribution < -0.4 is 0 Å². The third kappa shape index (κ3) is 2.13. The van der Waals surface area contributed by atoms with Crippen LogP contribution in [0.5, 0.6) is 0 Å². The van der Waals surface area contributed by atoms with Gasteiger partial charge in [-0.2, -0.15) is 0 Å². The fraction of sp³-hybridized carbons (Fsp3) is 0.727. The lowest BCUT2D eigenvalue weighted by molar-refractivity contribution is -0.137. The van der Waals surface area contributed by atoms with E-state index in [-0.39, 0.29) is 5.97 Å². The number of halogens is 1. The van der Waals surface area contributed by atoms with Gasteiger partial charge in [-0.1, -0.05) is 11.6 Å². The molecule has 0 aromatic carbocycles. The molecule has 2 rings (SSSR count). The lowest BCUT2D eigenvalue weighted by atomic mass is 9.93. The lowest BCUT2D eigenvalue weighted by Gasteiger charge is -2.33. The monoisotopic (exact) mass is 241 g/mol. The molecule has 2 atom stereocenters. The number of piperidine rings is 1. The molecule has 0 aromatic rings. The molecule has 2 saturated heterocycles. The van der Waals surface area contributed by atoms with Crippen molar-refractivity contribution in [1.82, 2.24) is 4.81 Å². The summed E-state index contributed by atoms with van der Waals surface area (Å²) in [5.74, 6) is -0.358. The molecule has 0 spiro atoms. The molecular formula is C11H17BClNO2. The highest BCUT2D eigenvalue weighted by Gasteiger charge is 2.37. The predicted octanol–water partition coefficient (Wildman–Crippen LogP) is 1.22. The van der Waals surface area contributed by atoms with E-state index in [1.165, 1.54) is 12.8 Å². The minimum atomic E-state index is -0.358. The molecule has 2 heterocycles. The summed E-state index contributed by atoms with van der Waals surface area (Å²) in [6.45, 7) is 2.18. The Morgan fingerprint density at radius 3 is 2.56 bits per heavy atom. The topological polar surface area (TPSA) is 29.5 Å². The van der Waals surface area contributed by atoms with E-state index in [0.29, 0.717) is 23.7 Å². The van der Waals surface area contributed by atoms with E-state index in [4.69, 9.17) is 16.3 Å². The van der Waals surface area contributed by atoms with Crippen LogP contribution in [0.3, 0.4) is 0 Å². The Bertz CT molecular complexity index is 316. The molecule has 2 aliphatic heterocycles. The predicted molar refractivity (Wildman–Crippen MR) is 65.9 cm³/mol. The van der Waals surface area contributed by atoms with Gasteiger partial charge in [0, 0.05) is 12.1 Å². The number of carbonyl (C=O) groups excluding carboxylic acids is 1. The quantitative estimate of drug-likeness (QED) is 0.414. The van der Waals surface area contributed by atoms with Gasteiger partial charge in [-0.25, -0.2) is 4.79 Å². The first-order valence-electron chi connectivity index (χ1n) is 5.90. The molecule has 3 nitrogen and oxygen atoms in total. The number of rotatable bonds is 2. The normalized spacial score (nSPS) is 29.2. The van der Waals surface area contributed by atoms with Crippen molar-refractivity contribution in [2.75, 3.05) is 6.61 Å². The molecule has 2 bridgehead atoms. The Morgan fingerprint density at radius 2 is 2.06 bits per heavy atom. The molecule has 0 saturated carbocycles. The second-order valence-electron chi connectivity index (χ2n) is 4.60. The second-order valence-corrected chi connectivity index (χ2v) is 4.97. The second kappa shape index (κ2) is 4.80. The van der Waals surface area contributed by atoms with Gasteiger partial charge < -0.3 is 9.55 Å². The number of hydrogen-bond donors (Lipinski definition) is 0. The molecule has 16 heavy (non-hydrogen) atoms. The van der Waals surface area contributed by atoms with Crippen molar-refractivity contribution in [2.45, 2.75) is 44.7 Å². The van der Waals surface area contributed by atoms with Crippen LogP contribution in [0.4, 0.5) is 0 Å². The Balaban J connectivity index is 2.11. The Hall–Kier alpha value is -0.475. The number of nitrogens with zero attached hydrogens (tertiary/aromatic N) is 1. The maximum absolute atomic E-state index is 11.5. The third-order valence-electron chi connectivity index (χ3n) is 3.71. The first-order valence-corrected chi connectivity index (χ1v) is 6.27. The van der Waals surface area contributed by atoms with E-state index in [1.807, 2.05) is 0 Å². The fourth-order valence-electron chi connectivity index (χ4n) is 2.75. The average Bonchev–Trinajstić information content (AvgIpc) is 2.53. The van der Waals surface area contributed by atoms with Crippen LogP contribution in [0.2, 0.25) is 0 Å². The van der Waals surface area contributed by atoms with Gasteiger partial charge in [-0.05, 0) is 38.2 Å². The van der Waals surface area contributed by atoms with Gasteiger partial charge in [-0.3, -0.25) is 0 Å². The van der Waals surface area contributed by atoms with Gasteiger partial charge in [0.25, 0.3) is 0 Å². The highest BCUT2D eigenvalue weighted by Crippen LogP contribution is 2.38. The third-order valence-corrected chi connectivity index (χ3v) is 4.14. The summed E-state index contributed by atoms with van der Waals surface area (Å²) in [7, 11) is 2.16. The molecule has 0 radical (unpaired) electrons. The average molecular weight is 242 g/mol. The van der Waals surface area contributed by atoms with Crippen LogP contribution >= 0.6 is 11.6 Å². The molecule has 0 amide bonds. The molecule has 0 N–H and O–H groups in total. The lowest BCUT2D eigenvalue weighted by Crippen LogP contribution is -2.38. The van der Waals surface area contributed by atoms with Crippen molar-refractivity contribution in [1.29, 1.82) is 0 Å². The SMILES string of the molecule is BN1C2CCC1CC(=C(Cl)C(=O)OCC)C2. The van der Waals surface area contributed by atoms with Crippen molar-refractivity contribution in [2.24, 2.45) is 0 Å². The van der Waals surface area contributed by atoms with E-state index >= 15 is 0 Å². The molecule has 2 aliphatic rings. The minimum absolute atomic E-state index is 0.326. The Labute approximate surface area is 102 Å². The van der Waals surface area contributed by atoms with Crippen LogP contribution in [-0.4, -0.2) is 37.5 Å². The van der Waals surface area contributed by atoms with Crippen molar-refractivity contribution >= 4 is 25.6 Å². The van der Waals surface area contributed by atoms with E-state index in [2.05, 4.69) is 12.8 Å². The van der Waals surface area contributed by atoms with Gasteiger partial charge in [-0.15, -0.1) is 0 Å². The number of fused-ring (bicyclic) bond motifs is 2. The Morgan fingerprint density at radius 1 is 1.50 bits per heavy atom. The van der Waals surface area contributed by atoms with Crippen molar-refractivity contribution in [3.8, 4) is 0 Å². The largest absolute Gasteiger partial charge is 0.462 e. The number of esters is 1. The van der Waals surface area contributed by atoms with Crippen LogP contribution in [0.25, 0.3) is 0 Å². The zero-order valence-electron chi connectivity index (χ0n) is 9.83. The summed E-state index contributed by atoms with van der Waals surface area (Å²) < 4.78 is 4.93. The summed E-state index contributed by atoms with van der Waals surface area (Å²) in [5, 5.41) is 0.326. The van der Waals surface area contributed by atoms with Gasteiger partial charge in [0.15, 0.2) is 7.98 Å². The first-order chi connectivity index (χ1) is 7.63. The number of carbonyl (C=O) groups is 1. The maximum atomic E-state index is 11.5. The van der Waals surface area contributed by atoms with Crippen LogP contribution in [0.1, 0.15) is 32.6 Å². The summed E-state index contributed by atoms with van der Waals surface area (Å²) in [4.78, 5) is 13.9. The maximum Gasteiger partial charge on any atom is 0.349 e. The number of ether oxygens (including phenoxy) is 1. The molecule has 2 fully saturated rings. The van der Waals surface area contributed by atoms with Gasteiger partial charge in [0.1, 0.15) is 5.03 Å². The molecule has 0 aromatic heterocycles. The van der Waals surface area contributed by atoms with Crippen molar-refractivity contribution in [3.05, 3.63) is 10.6 Å². The van der Waals surface area contributed by atoms with Crippen molar-refractivity contribution < 1.29 is 9.53 Å². The van der Waals surface area contributed by atoms with Gasteiger partial charge >= 0.3 is 5.97 Å². The van der Waals surface area contributed by atoms with Gasteiger partial charge in [0.2, 0.25) is 0 Å². The smallest absolute Gasteiger partial charge is 0.349 e. The summed E-state index contributed by atoms with van der Waals surface area (Å²) in [5.41, 5.74) is 1.09. The first kappa shape index (κ1) is 12.0. The highest BCUT2D eigenvalue weighted by molar-refractivity contribution is 6.41. The molecule has 5 heteroatoms. The van der Waals surface area contributed by atoms with Crippen LogP contribution in [0, 0.1) is 0 Å². The summed E-state index contributed by atoms with van der Waals surface area (Å²) >= 11 is 6.08. The van der Waals surface area contributed by atoms with Gasteiger partial charge in [0.05, 0.1) is 6.61 Å². The molecule has 88 valence electrons. The molecular weight excluding hydrogens is 224 g/mol. The van der Waals surface area contributed by atoms with E-state index < -0.39 is 0 Å². The highest BCUT2D eigenvalue weighted by atomic mass is 35.5. The van der Waals surface area contributed by atoms with Crippen LogP contribution in [0.15, 0.2) is 10.6 Å². The minimum Gasteiger partial charge on any atom is -0.462 e. The molecule has 2 unspecified atom stereocenters. The fourth-order valence-corrected chi connectivity index (χ4v) is 2.96. The Kier molecular flexibility index (Phi) is 3.60. The van der Waals surface area contributed by atoms with E-state index in [9.17, 15) is 4.79 Å². The summed E-state index contributed by atoms with van der Waals surface area (Å²) in [6, 6.07) is 1.13. The van der Waals surface area contributed by atoms with E-state index in [1.54, 1.807) is 6.92 Å². The zero-order chi connectivity index (χ0) is 11.7. The summed E-state index contributed by atoms with van der Waals surface area (Å²) in [6.07, 6.45) is 4.28. The van der Waals surface area contributed by atoms with Crippen LogP contribution in [-0.2, 0) is 9.53 Å². The zero-order valence-corrected chi connectivity index (χ0v) is 10.6. The van der Waals surface area contributed by atoms with E-state index in [0.717, 1.165) is 18.4 Å². The molecule has 0 aliphatic carbocycles. The van der Waals surface area contributed by atoms with Crippen molar-refractivity contribution in [3.63, 3.8) is 0 Å². The standard InChI is InChI=1S/C11H17BClNO2/c1-2-16-11(15)10(13)7-5-8-3-4-9(6-7)14(8)12/h8-9H,2-6,12H2,1H3. The number of hydrogen-bond acceptors (Lipinski definition) is 3.